The molecule has 0 unspecified atom stereocenters. The minimum atomic E-state index is -0.145. The standard InChI is InChI=1S/C11H16N4OS2/c1-11(2,3)17-7-6-12-9-14-15-8(16)4-5-13-10(15)18-9/h4-5H,6-7H2,1-3H3,(H,12,14). The van der Waals surface area contributed by atoms with Crippen LogP contribution in [0.3, 0.4) is 0 Å². The molecule has 98 valence electrons. The van der Waals surface area contributed by atoms with E-state index in [0.29, 0.717) is 4.96 Å². The highest BCUT2D eigenvalue weighted by atomic mass is 32.2. The molecule has 2 rings (SSSR count). The molecule has 2 aromatic rings. The van der Waals surface area contributed by atoms with Crippen molar-refractivity contribution in [3.8, 4) is 0 Å². The minimum absolute atomic E-state index is 0.145. The van der Waals surface area contributed by atoms with E-state index in [1.807, 2.05) is 11.8 Å². The quantitative estimate of drug-likeness (QED) is 0.871. The molecule has 0 atom stereocenters. The van der Waals surface area contributed by atoms with Gasteiger partial charge in [0, 0.05) is 29.3 Å². The maximum absolute atomic E-state index is 11.5. The molecule has 0 aliphatic heterocycles. The lowest BCUT2D eigenvalue weighted by atomic mass is 10.3. The Labute approximate surface area is 114 Å². The molecule has 0 amide bonds. The zero-order chi connectivity index (χ0) is 13.2. The Kier molecular flexibility index (Phi) is 3.91. The Morgan fingerprint density at radius 3 is 2.94 bits per heavy atom. The van der Waals surface area contributed by atoms with Gasteiger partial charge in [-0.25, -0.2) is 4.98 Å². The van der Waals surface area contributed by atoms with Crippen molar-refractivity contribution in [1.29, 1.82) is 0 Å². The van der Waals surface area contributed by atoms with E-state index < -0.39 is 0 Å². The lowest BCUT2D eigenvalue weighted by Crippen LogP contribution is -2.14. The summed E-state index contributed by atoms with van der Waals surface area (Å²) in [5, 5.41) is 8.14. The van der Waals surface area contributed by atoms with E-state index in [2.05, 4.69) is 36.2 Å². The summed E-state index contributed by atoms with van der Waals surface area (Å²) in [6.07, 6.45) is 1.51. The molecule has 2 aromatic heterocycles. The summed E-state index contributed by atoms with van der Waals surface area (Å²) in [5.74, 6) is 1.00. The monoisotopic (exact) mass is 284 g/mol. The molecule has 0 fully saturated rings. The zero-order valence-electron chi connectivity index (χ0n) is 10.6. The third-order valence-corrected chi connectivity index (χ3v) is 4.24. The number of anilines is 1. The maximum Gasteiger partial charge on any atom is 0.275 e. The summed E-state index contributed by atoms with van der Waals surface area (Å²) in [7, 11) is 0. The highest BCUT2D eigenvalue weighted by molar-refractivity contribution is 8.00. The van der Waals surface area contributed by atoms with Crippen LogP contribution in [0.15, 0.2) is 17.1 Å². The van der Waals surface area contributed by atoms with E-state index in [0.717, 1.165) is 17.4 Å². The summed E-state index contributed by atoms with van der Waals surface area (Å²) in [5.41, 5.74) is -0.145. The van der Waals surface area contributed by atoms with Gasteiger partial charge in [-0.2, -0.15) is 16.3 Å². The predicted molar refractivity (Wildman–Crippen MR) is 77.8 cm³/mol. The van der Waals surface area contributed by atoms with Crippen LogP contribution < -0.4 is 10.9 Å². The van der Waals surface area contributed by atoms with Gasteiger partial charge in [0.15, 0.2) is 0 Å². The number of hydrogen-bond donors (Lipinski definition) is 1. The predicted octanol–water partition coefficient (Wildman–Crippen LogP) is 2.09. The summed E-state index contributed by atoms with van der Waals surface area (Å²) < 4.78 is 1.59. The van der Waals surface area contributed by atoms with Gasteiger partial charge in [-0.05, 0) is 0 Å². The first kappa shape index (κ1) is 13.4. The van der Waals surface area contributed by atoms with Crippen LogP contribution >= 0.6 is 23.1 Å². The molecule has 0 spiro atoms. The highest BCUT2D eigenvalue weighted by Crippen LogP contribution is 2.23. The molecule has 1 N–H and O–H groups in total. The van der Waals surface area contributed by atoms with Crippen molar-refractivity contribution in [3.63, 3.8) is 0 Å². The maximum atomic E-state index is 11.5. The van der Waals surface area contributed by atoms with Crippen molar-refractivity contribution in [2.75, 3.05) is 17.6 Å². The Morgan fingerprint density at radius 1 is 1.50 bits per heavy atom. The fourth-order valence-electron chi connectivity index (χ4n) is 1.33. The SMILES string of the molecule is CC(C)(C)SCCNc1nn2c(=O)ccnc2s1. The third-order valence-electron chi connectivity index (χ3n) is 2.08. The number of nitrogens with one attached hydrogen (secondary N) is 1. The number of fused-ring (bicyclic) bond motifs is 1. The second-order valence-corrected chi connectivity index (χ2v) is 7.65. The first-order valence-electron chi connectivity index (χ1n) is 5.68. The van der Waals surface area contributed by atoms with Crippen molar-refractivity contribution in [2.24, 2.45) is 0 Å². The molecule has 0 aliphatic carbocycles. The van der Waals surface area contributed by atoms with Crippen LogP contribution in [0, 0.1) is 0 Å². The molecule has 0 radical (unpaired) electrons. The topological polar surface area (TPSA) is 59.3 Å². The van der Waals surface area contributed by atoms with E-state index in [1.165, 1.54) is 28.1 Å². The van der Waals surface area contributed by atoms with Gasteiger partial charge in [0.1, 0.15) is 0 Å². The molecule has 18 heavy (non-hydrogen) atoms. The smallest absolute Gasteiger partial charge is 0.275 e. The summed E-state index contributed by atoms with van der Waals surface area (Å²) in [6.45, 7) is 7.41. The van der Waals surface area contributed by atoms with E-state index >= 15 is 0 Å². The second-order valence-electron chi connectivity index (χ2n) is 4.77. The second kappa shape index (κ2) is 5.27. The largest absolute Gasteiger partial charge is 0.359 e. The molecule has 0 aliphatic rings. The van der Waals surface area contributed by atoms with Crippen LogP contribution in [0.2, 0.25) is 0 Å². The minimum Gasteiger partial charge on any atom is -0.359 e. The van der Waals surface area contributed by atoms with Crippen molar-refractivity contribution in [1.82, 2.24) is 14.6 Å². The van der Waals surface area contributed by atoms with Crippen molar-refractivity contribution < 1.29 is 0 Å². The Bertz CT molecular complexity index is 584. The molecule has 0 bridgehead atoms. The van der Waals surface area contributed by atoms with Crippen LogP contribution in [0.25, 0.3) is 4.96 Å². The summed E-state index contributed by atoms with van der Waals surface area (Å²) in [6, 6.07) is 1.41. The van der Waals surface area contributed by atoms with Gasteiger partial charge in [-0.3, -0.25) is 4.79 Å². The Hall–Kier alpha value is -1.08. The average molecular weight is 284 g/mol. The van der Waals surface area contributed by atoms with E-state index in [1.54, 1.807) is 0 Å². The van der Waals surface area contributed by atoms with Crippen LogP contribution in [0.1, 0.15) is 20.8 Å². The van der Waals surface area contributed by atoms with E-state index in [4.69, 9.17) is 0 Å². The summed E-state index contributed by atoms with van der Waals surface area (Å²) in [4.78, 5) is 16.2. The molecule has 7 heteroatoms. The Morgan fingerprint density at radius 2 is 2.28 bits per heavy atom. The molecular formula is C11H16N4OS2. The highest BCUT2D eigenvalue weighted by Gasteiger charge is 2.10. The molecular weight excluding hydrogens is 268 g/mol. The first-order chi connectivity index (χ1) is 8.46. The molecule has 0 saturated heterocycles. The van der Waals surface area contributed by atoms with Gasteiger partial charge in [-0.15, -0.1) is 5.10 Å². The van der Waals surface area contributed by atoms with Crippen LogP contribution in [0.5, 0.6) is 0 Å². The van der Waals surface area contributed by atoms with E-state index in [-0.39, 0.29) is 10.3 Å². The van der Waals surface area contributed by atoms with Crippen LogP contribution in [0.4, 0.5) is 5.13 Å². The molecule has 5 nitrogen and oxygen atoms in total. The Balaban J connectivity index is 1.96. The number of rotatable bonds is 4. The molecule has 0 saturated carbocycles. The van der Waals surface area contributed by atoms with Gasteiger partial charge in [0.25, 0.3) is 5.56 Å². The number of hydrogen-bond acceptors (Lipinski definition) is 6. The molecule has 0 aromatic carbocycles. The van der Waals surface area contributed by atoms with Crippen LogP contribution in [-0.4, -0.2) is 31.6 Å². The summed E-state index contributed by atoms with van der Waals surface area (Å²) >= 11 is 3.28. The van der Waals surface area contributed by atoms with Gasteiger partial charge in [0.05, 0.1) is 0 Å². The van der Waals surface area contributed by atoms with Gasteiger partial charge in [0.2, 0.25) is 10.1 Å². The van der Waals surface area contributed by atoms with Crippen molar-refractivity contribution in [2.45, 2.75) is 25.5 Å². The van der Waals surface area contributed by atoms with Crippen LogP contribution in [-0.2, 0) is 0 Å². The van der Waals surface area contributed by atoms with Gasteiger partial charge in [-0.1, -0.05) is 32.1 Å². The molecule has 2 heterocycles. The third kappa shape index (κ3) is 3.46. The van der Waals surface area contributed by atoms with E-state index in [9.17, 15) is 4.79 Å². The first-order valence-corrected chi connectivity index (χ1v) is 7.49. The lowest BCUT2D eigenvalue weighted by molar-refractivity contribution is 0.802. The zero-order valence-corrected chi connectivity index (χ0v) is 12.3. The van der Waals surface area contributed by atoms with Crippen molar-refractivity contribution in [3.05, 3.63) is 22.6 Å². The number of aromatic nitrogens is 3. The fourth-order valence-corrected chi connectivity index (χ4v) is 2.95. The number of nitrogens with zero attached hydrogens (tertiary/aromatic N) is 3. The average Bonchev–Trinajstić information content (AvgIpc) is 2.68. The normalized spacial score (nSPS) is 11.9. The van der Waals surface area contributed by atoms with Crippen molar-refractivity contribution >= 4 is 33.2 Å². The van der Waals surface area contributed by atoms with Gasteiger partial charge < -0.3 is 5.32 Å². The number of thioether (sulfide) groups is 1. The van der Waals surface area contributed by atoms with Gasteiger partial charge >= 0.3 is 0 Å². The fraction of sp³-hybridized carbons (Fsp3) is 0.545. The lowest BCUT2D eigenvalue weighted by Gasteiger charge is -2.17.